The number of carboxylic acid groups (broad SMARTS) is 1. The summed E-state index contributed by atoms with van der Waals surface area (Å²) < 4.78 is 11.1. The number of carboxylic acids is 1. The maximum Gasteiger partial charge on any atom is 0.329 e. The summed E-state index contributed by atoms with van der Waals surface area (Å²) in [5, 5.41) is 10.6. The number of likely N-dealkylation sites (tertiary alicyclic amines) is 1. The van der Waals surface area contributed by atoms with E-state index in [-0.39, 0.29) is 23.2 Å². The van der Waals surface area contributed by atoms with Gasteiger partial charge in [0.15, 0.2) is 0 Å². The number of carbonyl (C=O) groups is 2. The number of aliphatic carboxylic acids is 1. The third-order valence-corrected chi connectivity index (χ3v) is 6.78. The highest BCUT2D eigenvalue weighted by Crippen LogP contribution is 2.50. The average molecular weight is 483 g/mol. The summed E-state index contributed by atoms with van der Waals surface area (Å²) in [4.78, 5) is 33.3. The lowest BCUT2D eigenvalue weighted by Gasteiger charge is -2.39. The van der Waals surface area contributed by atoms with E-state index < -0.39 is 17.6 Å². The van der Waals surface area contributed by atoms with E-state index in [1.165, 1.54) is 0 Å². The van der Waals surface area contributed by atoms with Gasteiger partial charge in [0.1, 0.15) is 11.3 Å². The molecule has 3 rings (SSSR count). The van der Waals surface area contributed by atoms with Crippen molar-refractivity contribution in [1.82, 2.24) is 9.88 Å². The first-order valence-electron chi connectivity index (χ1n) is 12.1. The van der Waals surface area contributed by atoms with Gasteiger partial charge in [-0.3, -0.25) is 9.78 Å². The minimum atomic E-state index is -1.38. The molecule has 1 aromatic carbocycles. The Hall–Kier alpha value is -2.93. The molecule has 190 valence electrons. The van der Waals surface area contributed by atoms with Gasteiger partial charge in [-0.2, -0.15) is 0 Å². The van der Waals surface area contributed by atoms with E-state index >= 15 is 0 Å². The van der Waals surface area contributed by atoms with Crippen LogP contribution in [0.4, 0.5) is 0 Å². The summed E-state index contributed by atoms with van der Waals surface area (Å²) in [6.07, 6.45) is 2.29. The molecule has 3 atom stereocenters. The molecule has 7 nitrogen and oxygen atoms in total. The van der Waals surface area contributed by atoms with Gasteiger partial charge in [0.2, 0.25) is 0 Å². The molecule has 0 bridgehead atoms. The summed E-state index contributed by atoms with van der Waals surface area (Å²) in [5.74, 6) is -0.900. The molecule has 1 N–H and O–H groups in total. The lowest BCUT2D eigenvalue weighted by Crippen LogP contribution is -2.54. The quantitative estimate of drug-likeness (QED) is 0.563. The highest BCUT2D eigenvalue weighted by atomic mass is 16.5. The third kappa shape index (κ3) is 5.20. The van der Waals surface area contributed by atoms with E-state index in [0.29, 0.717) is 36.5 Å². The predicted octanol–water partition coefficient (Wildman–Crippen LogP) is 5.11. The Balaban J connectivity index is 2.22. The Morgan fingerprint density at radius 2 is 1.91 bits per heavy atom. The number of rotatable bonds is 8. The van der Waals surface area contributed by atoms with Crippen LogP contribution in [0.25, 0.3) is 0 Å². The first kappa shape index (κ1) is 26.7. The zero-order valence-corrected chi connectivity index (χ0v) is 21.9. The molecular formula is C28H38N2O5. The summed E-state index contributed by atoms with van der Waals surface area (Å²) in [7, 11) is 3.18. The molecule has 1 aliphatic rings. The van der Waals surface area contributed by atoms with Crippen molar-refractivity contribution >= 4 is 11.9 Å². The lowest BCUT2D eigenvalue weighted by molar-refractivity contribution is -0.150. The molecule has 0 spiro atoms. The maximum atomic E-state index is 14.2. The molecule has 2 aromatic rings. The van der Waals surface area contributed by atoms with Crippen LogP contribution < -0.4 is 4.74 Å². The minimum Gasteiger partial charge on any atom is -0.496 e. The van der Waals surface area contributed by atoms with Crippen LogP contribution in [0.15, 0.2) is 42.6 Å². The van der Waals surface area contributed by atoms with Crippen LogP contribution in [0.5, 0.6) is 5.75 Å². The van der Waals surface area contributed by atoms with Gasteiger partial charge < -0.3 is 19.5 Å². The van der Waals surface area contributed by atoms with E-state index in [2.05, 4.69) is 25.8 Å². The highest BCUT2D eigenvalue weighted by molar-refractivity contribution is 5.99. The van der Waals surface area contributed by atoms with Crippen LogP contribution in [0.1, 0.15) is 75.1 Å². The average Bonchev–Trinajstić information content (AvgIpc) is 3.12. The molecule has 0 radical (unpaired) electrons. The molecule has 35 heavy (non-hydrogen) atoms. The molecular weight excluding hydrogens is 444 g/mol. The zero-order chi connectivity index (χ0) is 26.0. The number of hydrogen-bond acceptors (Lipinski definition) is 5. The zero-order valence-electron chi connectivity index (χ0n) is 21.9. The van der Waals surface area contributed by atoms with Crippen LogP contribution in [0, 0.1) is 11.8 Å². The van der Waals surface area contributed by atoms with Crippen molar-refractivity contribution in [1.29, 1.82) is 0 Å². The fraction of sp³-hybridized carbons (Fsp3) is 0.536. The SMILES string of the molecule is COCC1CC(CC(C)C)(C(=O)O)N(C(=O)c2ccc(C(C)(C)C)c(OC)c2)[C@H]1c1ccccn1. The molecule has 0 aliphatic carbocycles. The van der Waals surface area contributed by atoms with E-state index in [1.54, 1.807) is 37.4 Å². The van der Waals surface area contributed by atoms with Crippen molar-refractivity contribution in [3.63, 3.8) is 0 Å². The van der Waals surface area contributed by atoms with Gasteiger partial charge in [0.05, 0.1) is 25.5 Å². The molecule has 1 saturated heterocycles. The largest absolute Gasteiger partial charge is 0.496 e. The van der Waals surface area contributed by atoms with Gasteiger partial charge in [0.25, 0.3) is 5.91 Å². The summed E-state index contributed by atoms with van der Waals surface area (Å²) in [6.45, 7) is 10.5. The van der Waals surface area contributed by atoms with E-state index in [9.17, 15) is 14.7 Å². The maximum absolute atomic E-state index is 14.2. The van der Waals surface area contributed by atoms with Gasteiger partial charge in [0, 0.05) is 24.8 Å². The molecule has 1 aliphatic heterocycles. The van der Waals surface area contributed by atoms with Crippen LogP contribution >= 0.6 is 0 Å². The second-order valence-electron chi connectivity index (χ2n) is 10.9. The molecule has 1 aromatic heterocycles. The number of pyridine rings is 1. The van der Waals surface area contributed by atoms with E-state index in [4.69, 9.17) is 9.47 Å². The predicted molar refractivity (Wildman–Crippen MR) is 135 cm³/mol. The molecule has 1 fully saturated rings. The number of carbonyl (C=O) groups excluding carboxylic acids is 1. The second-order valence-corrected chi connectivity index (χ2v) is 10.9. The molecule has 2 heterocycles. The molecule has 7 heteroatoms. The van der Waals surface area contributed by atoms with Crippen LogP contribution in [-0.2, 0) is 14.9 Å². The minimum absolute atomic E-state index is 0.0601. The number of aromatic nitrogens is 1. The van der Waals surface area contributed by atoms with Gasteiger partial charge >= 0.3 is 5.97 Å². The standard InChI is InChI=1S/C28H38N2O5/c1-18(2)15-28(26(32)33)16-20(17-34-6)24(22-10-8-9-13-29-22)30(28)25(31)19-11-12-21(27(3,4)5)23(14-19)35-7/h8-14,18,20,24H,15-17H2,1-7H3,(H,32,33)/t20?,24-,28?/m1/s1. The lowest BCUT2D eigenvalue weighted by atomic mass is 9.83. The third-order valence-electron chi connectivity index (χ3n) is 6.78. The van der Waals surface area contributed by atoms with Crippen LogP contribution in [-0.4, -0.2) is 53.2 Å². The Labute approximate surface area is 208 Å². The van der Waals surface area contributed by atoms with Crippen molar-refractivity contribution < 1.29 is 24.2 Å². The summed E-state index contributed by atoms with van der Waals surface area (Å²) in [6, 6.07) is 10.4. The van der Waals surface area contributed by atoms with Gasteiger partial charge in [-0.1, -0.05) is 46.8 Å². The number of amides is 1. The van der Waals surface area contributed by atoms with Crippen molar-refractivity contribution in [3.05, 3.63) is 59.4 Å². The van der Waals surface area contributed by atoms with Crippen LogP contribution in [0.3, 0.4) is 0 Å². The number of benzene rings is 1. The smallest absolute Gasteiger partial charge is 0.329 e. The summed E-state index contributed by atoms with van der Waals surface area (Å²) in [5.41, 5.74) is 0.467. The van der Waals surface area contributed by atoms with Crippen molar-refractivity contribution in [3.8, 4) is 5.75 Å². The number of nitrogens with zero attached hydrogens (tertiary/aromatic N) is 2. The number of ether oxygens (including phenoxy) is 2. The van der Waals surface area contributed by atoms with Crippen LogP contribution in [0.2, 0.25) is 0 Å². The molecule has 1 amide bonds. The highest BCUT2D eigenvalue weighted by Gasteiger charge is 2.59. The Morgan fingerprint density at radius 1 is 1.20 bits per heavy atom. The van der Waals surface area contributed by atoms with Gasteiger partial charge in [-0.15, -0.1) is 0 Å². The second kappa shape index (κ2) is 10.4. The van der Waals surface area contributed by atoms with Crippen molar-refractivity contribution in [2.24, 2.45) is 11.8 Å². The van der Waals surface area contributed by atoms with Gasteiger partial charge in [-0.05, 0) is 54.0 Å². The number of methoxy groups -OCH3 is 2. The van der Waals surface area contributed by atoms with E-state index in [1.807, 2.05) is 38.1 Å². The fourth-order valence-corrected chi connectivity index (χ4v) is 5.45. The van der Waals surface area contributed by atoms with Crippen molar-refractivity contribution in [2.75, 3.05) is 20.8 Å². The molecule has 2 unspecified atom stereocenters. The Kier molecular flexibility index (Phi) is 7.90. The fourth-order valence-electron chi connectivity index (χ4n) is 5.45. The summed E-state index contributed by atoms with van der Waals surface area (Å²) >= 11 is 0. The Morgan fingerprint density at radius 3 is 2.43 bits per heavy atom. The topological polar surface area (TPSA) is 89.0 Å². The van der Waals surface area contributed by atoms with Gasteiger partial charge in [-0.25, -0.2) is 4.79 Å². The first-order valence-corrected chi connectivity index (χ1v) is 12.1. The number of hydrogen-bond donors (Lipinski definition) is 1. The van der Waals surface area contributed by atoms with Crippen molar-refractivity contribution in [2.45, 2.75) is 64.5 Å². The first-order chi connectivity index (χ1) is 16.5. The Bertz CT molecular complexity index is 1050. The normalized spacial score (nSPS) is 22.5. The molecule has 0 saturated carbocycles. The monoisotopic (exact) mass is 482 g/mol. The van der Waals surface area contributed by atoms with E-state index in [0.717, 1.165) is 5.56 Å².